The van der Waals surface area contributed by atoms with Crippen LogP contribution >= 0.6 is 11.6 Å². The lowest BCUT2D eigenvalue weighted by atomic mass is 10.2. The van der Waals surface area contributed by atoms with Gasteiger partial charge in [0.05, 0.1) is 16.8 Å². The molecule has 0 aliphatic heterocycles. The van der Waals surface area contributed by atoms with E-state index in [2.05, 4.69) is 15.5 Å². The van der Waals surface area contributed by atoms with Gasteiger partial charge in [-0.05, 0) is 12.1 Å². The summed E-state index contributed by atoms with van der Waals surface area (Å²) < 4.78 is 13.6. The van der Waals surface area contributed by atoms with Crippen LogP contribution in [0.2, 0.25) is 5.02 Å². The maximum atomic E-state index is 13.6. The molecule has 0 unspecified atom stereocenters. The Hall–Kier alpha value is -2.39. The molecule has 7 heteroatoms. The first-order valence-corrected chi connectivity index (χ1v) is 5.20. The number of carbonyl (C=O) groups is 1. The molecule has 2 aromatic rings. The van der Waals surface area contributed by atoms with Crippen LogP contribution in [0.15, 0.2) is 24.4 Å². The Kier molecular flexibility index (Phi) is 3.26. The third-order valence-corrected chi connectivity index (χ3v) is 2.49. The number of nitriles is 1. The number of aromatic nitrogens is 2. The van der Waals surface area contributed by atoms with Crippen LogP contribution in [0.4, 0.5) is 10.2 Å². The number of aromatic amines is 1. The van der Waals surface area contributed by atoms with E-state index < -0.39 is 11.7 Å². The van der Waals surface area contributed by atoms with Crippen LogP contribution in [0.1, 0.15) is 15.9 Å². The third-order valence-electron chi connectivity index (χ3n) is 2.19. The molecule has 0 bridgehead atoms. The molecule has 0 atom stereocenters. The van der Waals surface area contributed by atoms with Gasteiger partial charge in [-0.15, -0.1) is 0 Å². The molecule has 0 fully saturated rings. The Morgan fingerprint density at radius 2 is 2.33 bits per heavy atom. The zero-order valence-corrected chi connectivity index (χ0v) is 9.62. The number of carbonyl (C=O) groups excluding carboxylic acids is 1. The van der Waals surface area contributed by atoms with E-state index in [1.807, 2.05) is 6.07 Å². The van der Waals surface area contributed by atoms with E-state index >= 15 is 0 Å². The van der Waals surface area contributed by atoms with E-state index in [1.54, 1.807) is 0 Å². The second-order valence-electron chi connectivity index (χ2n) is 3.33. The minimum absolute atomic E-state index is 0.113. The molecule has 0 saturated heterocycles. The third kappa shape index (κ3) is 2.17. The maximum Gasteiger partial charge on any atom is 0.259 e. The Morgan fingerprint density at radius 1 is 1.56 bits per heavy atom. The predicted molar refractivity (Wildman–Crippen MR) is 62.7 cm³/mol. The van der Waals surface area contributed by atoms with E-state index in [1.165, 1.54) is 24.4 Å². The van der Waals surface area contributed by atoms with E-state index in [4.69, 9.17) is 16.9 Å². The molecule has 90 valence electrons. The Balaban J connectivity index is 2.29. The van der Waals surface area contributed by atoms with Crippen molar-refractivity contribution in [2.45, 2.75) is 0 Å². The SMILES string of the molecule is N#Cc1cn[nH]c1NC(=O)c1cccc(Cl)c1F. The molecule has 0 saturated carbocycles. The van der Waals surface area contributed by atoms with Gasteiger partial charge < -0.3 is 5.32 Å². The molecule has 0 aliphatic rings. The lowest BCUT2D eigenvalue weighted by molar-refractivity contribution is 0.102. The van der Waals surface area contributed by atoms with Crippen LogP contribution in [-0.2, 0) is 0 Å². The summed E-state index contributed by atoms with van der Waals surface area (Å²) in [6, 6.07) is 5.92. The van der Waals surface area contributed by atoms with Crippen LogP contribution in [-0.4, -0.2) is 16.1 Å². The Bertz CT molecular complexity index is 647. The summed E-state index contributed by atoms with van der Waals surface area (Å²) in [5.41, 5.74) is -0.0493. The zero-order chi connectivity index (χ0) is 13.1. The summed E-state index contributed by atoms with van der Waals surface area (Å²) in [6.45, 7) is 0. The fourth-order valence-corrected chi connectivity index (χ4v) is 1.50. The van der Waals surface area contributed by atoms with Gasteiger partial charge in [-0.25, -0.2) is 4.39 Å². The van der Waals surface area contributed by atoms with Crippen molar-refractivity contribution in [2.75, 3.05) is 5.32 Å². The number of benzene rings is 1. The molecule has 5 nitrogen and oxygen atoms in total. The molecular weight excluding hydrogens is 259 g/mol. The average Bonchev–Trinajstić information content (AvgIpc) is 2.79. The molecule has 0 radical (unpaired) electrons. The quantitative estimate of drug-likeness (QED) is 0.873. The second-order valence-corrected chi connectivity index (χ2v) is 3.73. The molecule has 0 aliphatic carbocycles. The number of rotatable bonds is 2. The van der Waals surface area contributed by atoms with Gasteiger partial charge in [0.2, 0.25) is 0 Å². The maximum absolute atomic E-state index is 13.6. The van der Waals surface area contributed by atoms with Crippen LogP contribution in [0.25, 0.3) is 0 Å². The van der Waals surface area contributed by atoms with Crippen LogP contribution in [0, 0.1) is 17.1 Å². The van der Waals surface area contributed by atoms with E-state index in [0.29, 0.717) is 0 Å². The monoisotopic (exact) mass is 264 g/mol. The van der Waals surface area contributed by atoms with Crippen LogP contribution < -0.4 is 5.32 Å². The number of amides is 1. The van der Waals surface area contributed by atoms with E-state index in [9.17, 15) is 9.18 Å². The zero-order valence-electron chi connectivity index (χ0n) is 8.87. The van der Waals surface area contributed by atoms with Crippen molar-refractivity contribution in [3.05, 3.63) is 46.4 Å². The lowest BCUT2D eigenvalue weighted by Gasteiger charge is -2.05. The number of H-pyrrole nitrogens is 1. The van der Waals surface area contributed by atoms with Crippen molar-refractivity contribution in [3.8, 4) is 6.07 Å². The van der Waals surface area contributed by atoms with Gasteiger partial charge in [-0.3, -0.25) is 9.89 Å². The number of nitrogens with one attached hydrogen (secondary N) is 2. The van der Waals surface area contributed by atoms with Gasteiger partial charge >= 0.3 is 0 Å². The van der Waals surface area contributed by atoms with Gasteiger partial charge in [0.1, 0.15) is 17.5 Å². The molecular formula is C11H6ClFN4O. The molecule has 1 aromatic heterocycles. The fraction of sp³-hybridized carbons (Fsp3) is 0. The number of hydrogen-bond donors (Lipinski definition) is 2. The minimum atomic E-state index is -0.810. The molecule has 1 amide bonds. The van der Waals surface area contributed by atoms with Crippen LogP contribution in [0.5, 0.6) is 0 Å². The Morgan fingerprint density at radius 3 is 3.06 bits per heavy atom. The van der Waals surface area contributed by atoms with Crippen LogP contribution in [0.3, 0.4) is 0 Å². The van der Waals surface area contributed by atoms with E-state index in [-0.39, 0.29) is 22.0 Å². The number of hydrogen-bond acceptors (Lipinski definition) is 3. The van der Waals surface area contributed by atoms with Gasteiger partial charge in [0.15, 0.2) is 5.82 Å². The fourth-order valence-electron chi connectivity index (χ4n) is 1.33. The summed E-state index contributed by atoms with van der Waals surface area (Å²) in [7, 11) is 0. The van der Waals surface area contributed by atoms with Crippen molar-refractivity contribution < 1.29 is 9.18 Å². The molecule has 1 aromatic carbocycles. The highest BCUT2D eigenvalue weighted by atomic mass is 35.5. The second kappa shape index (κ2) is 4.85. The summed E-state index contributed by atoms with van der Waals surface area (Å²) in [5.74, 6) is -1.41. The van der Waals surface area contributed by atoms with E-state index in [0.717, 1.165) is 0 Å². The first-order valence-electron chi connectivity index (χ1n) is 4.82. The van der Waals surface area contributed by atoms with Gasteiger partial charge in [0.25, 0.3) is 5.91 Å². The standard InChI is InChI=1S/C11H6ClFN4O/c12-8-3-1-2-7(9(8)13)11(18)16-10-6(4-14)5-15-17-10/h1-3,5H,(H2,15,16,17,18). The molecule has 18 heavy (non-hydrogen) atoms. The van der Waals surface area contributed by atoms with Crippen molar-refractivity contribution in [3.63, 3.8) is 0 Å². The van der Waals surface area contributed by atoms with Gasteiger partial charge in [0, 0.05) is 0 Å². The first-order chi connectivity index (χ1) is 8.63. The summed E-state index contributed by atoms with van der Waals surface area (Å²) >= 11 is 5.57. The molecule has 0 spiro atoms. The average molecular weight is 265 g/mol. The summed E-state index contributed by atoms with van der Waals surface area (Å²) in [4.78, 5) is 11.8. The minimum Gasteiger partial charge on any atom is -0.306 e. The topological polar surface area (TPSA) is 81.6 Å². The molecule has 2 N–H and O–H groups in total. The number of anilines is 1. The highest BCUT2D eigenvalue weighted by Crippen LogP contribution is 2.19. The summed E-state index contributed by atoms with van der Waals surface area (Å²) in [6.07, 6.45) is 1.25. The van der Waals surface area contributed by atoms with Crippen molar-refractivity contribution in [1.29, 1.82) is 5.26 Å². The van der Waals surface area contributed by atoms with Gasteiger partial charge in [-0.1, -0.05) is 17.7 Å². The summed E-state index contributed by atoms with van der Waals surface area (Å²) in [5, 5.41) is 17.0. The van der Waals surface area contributed by atoms with Crippen molar-refractivity contribution >= 4 is 23.3 Å². The smallest absolute Gasteiger partial charge is 0.259 e. The highest BCUT2D eigenvalue weighted by molar-refractivity contribution is 6.31. The Labute approximate surface area is 106 Å². The lowest BCUT2D eigenvalue weighted by Crippen LogP contribution is -2.14. The molecule has 2 rings (SSSR count). The largest absolute Gasteiger partial charge is 0.306 e. The van der Waals surface area contributed by atoms with Crippen molar-refractivity contribution in [1.82, 2.24) is 10.2 Å². The number of nitrogens with zero attached hydrogens (tertiary/aromatic N) is 2. The number of halogens is 2. The predicted octanol–water partition coefficient (Wildman–Crippen LogP) is 2.33. The van der Waals surface area contributed by atoms with Crippen molar-refractivity contribution in [2.24, 2.45) is 0 Å². The highest BCUT2D eigenvalue weighted by Gasteiger charge is 2.16. The molecule has 1 heterocycles. The van der Waals surface area contributed by atoms with Gasteiger partial charge in [-0.2, -0.15) is 10.4 Å². The first kappa shape index (κ1) is 12.1. The normalized spacial score (nSPS) is 9.83.